The van der Waals surface area contributed by atoms with E-state index in [9.17, 15) is 0 Å². The molecule has 1 aromatic rings. The lowest BCUT2D eigenvalue weighted by atomic mass is 9.95. The summed E-state index contributed by atoms with van der Waals surface area (Å²) in [6.45, 7) is 8.34. The summed E-state index contributed by atoms with van der Waals surface area (Å²) in [5.74, 6) is 0.819. The van der Waals surface area contributed by atoms with Gasteiger partial charge in [0.15, 0.2) is 0 Å². The van der Waals surface area contributed by atoms with Crippen molar-refractivity contribution in [1.29, 1.82) is 0 Å². The second kappa shape index (κ2) is 4.31. The predicted molar refractivity (Wildman–Crippen MR) is 67.8 cm³/mol. The first-order valence-corrected chi connectivity index (χ1v) is 6.04. The molecule has 0 fully saturated rings. The fourth-order valence-electron chi connectivity index (χ4n) is 1.03. The molecule has 0 saturated carbocycles. The van der Waals surface area contributed by atoms with Gasteiger partial charge >= 0.3 is 0 Å². The fourth-order valence-corrected chi connectivity index (χ4v) is 1.84. The second-order valence-electron chi connectivity index (χ2n) is 4.20. The molecular formula is C10H14ClIN2. The van der Waals surface area contributed by atoms with Crippen molar-refractivity contribution < 1.29 is 0 Å². The van der Waals surface area contributed by atoms with Crippen LogP contribution in [0.1, 0.15) is 39.2 Å². The number of halogens is 2. The molecule has 0 amide bonds. The molecule has 0 spiro atoms. The largest absolute Gasteiger partial charge is 0.236 e. The molecule has 0 aromatic carbocycles. The molecule has 0 radical (unpaired) electrons. The van der Waals surface area contributed by atoms with Gasteiger partial charge in [-0.3, -0.25) is 0 Å². The second-order valence-corrected chi connectivity index (χ2v) is 5.64. The Morgan fingerprint density at radius 2 is 1.86 bits per heavy atom. The van der Waals surface area contributed by atoms with Gasteiger partial charge in [-0.05, 0) is 29.0 Å². The summed E-state index contributed by atoms with van der Waals surface area (Å²) in [7, 11) is 0. The van der Waals surface area contributed by atoms with Crippen LogP contribution < -0.4 is 0 Å². The van der Waals surface area contributed by atoms with Crippen molar-refractivity contribution in [3.8, 4) is 0 Å². The Hall–Kier alpha value is 0.100. The summed E-state index contributed by atoms with van der Waals surface area (Å²) in [4.78, 5) is 8.82. The van der Waals surface area contributed by atoms with Crippen LogP contribution in [0.5, 0.6) is 0 Å². The van der Waals surface area contributed by atoms with Gasteiger partial charge in [0, 0.05) is 5.41 Å². The quantitative estimate of drug-likeness (QED) is 0.583. The first-order chi connectivity index (χ1) is 6.36. The van der Waals surface area contributed by atoms with E-state index in [2.05, 4.69) is 60.3 Å². The molecule has 14 heavy (non-hydrogen) atoms. The maximum atomic E-state index is 6.05. The van der Waals surface area contributed by atoms with E-state index in [1.165, 1.54) is 0 Å². The highest BCUT2D eigenvalue weighted by Crippen LogP contribution is 2.25. The summed E-state index contributed by atoms with van der Waals surface area (Å²) in [5.41, 5.74) is 0.994. The molecule has 0 bridgehead atoms. The molecule has 1 rings (SSSR count). The Bertz CT molecular complexity index is 345. The predicted octanol–water partition coefficient (Wildman–Crippen LogP) is 3.59. The zero-order valence-corrected chi connectivity index (χ0v) is 11.8. The van der Waals surface area contributed by atoms with Gasteiger partial charge in [0.25, 0.3) is 0 Å². The molecule has 1 aromatic heterocycles. The van der Waals surface area contributed by atoms with Crippen molar-refractivity contribution in [2.24, 2.45) is 0 Å². The normalized spacial score (nSPS) is 11.9. The molecule has 0 saturated heterocycles. The molecule has 0 unspecified atom stereocenters. The van der Waals surface area contributed by atoms with Crippen molar-refractivity contribution >= 4 is 34.2 Å². The van der Waals surface area contributed by atoms with Crippen molar-refractivity contribution in [2.45, 2.75) is 39.5 Å². The molecule has 0 aliphatic rings. The third-order valence-corrected chi connectivity index (χ3v) is 3.61. The number of hydrogen-bond acceptors (Lipinski definition) is 2. The molecule has 0 atom stereocenters. The van der Waals surface area contributed by atoms with Crippen LogP contribution in [0, 0.1) is 3.57 Å². The Labute approximate surface area is 104 Å². The van der Waals surface area contributed by atoms with E-state index in [-0.39, 0.29) is 5.41 Å². The summed E-state index contributed by atoms with van der Waals surface area (Å²) < 4.78 is 0.972. The van der Waals surface area contributed by atoms with E-state index in [4.69, 9.17) is 11.6 Å². The Kier molecular flexibility index (Phi) is 3.75. The molecule has 4 heteroatoms. The highest BCUT2D eigenvalue weighted by Gasteiger charge is 2.20. The molecule has 0 N–H and O–H groups in total. The summed E-state index contributed by atoms with van der Waals surface area (Å²) in [6, 6.07) is 0. The number of aryl methyl sites for hydroxylation is 1. The average Bonchev–Trinajstić information content (AvgIpc) is 2.07. The standard InChI is InChI=1S/C10H14ClIN2/c1-5-6-7(12)8(11)14-9(13-6)10(2,3)4/h5H2,1-4H3. The number of aromatic nitrogens is 2. The monoisotopic (exact) mass is 324 g/mol. The van der Waals surface area contributed by atoms with Crippen LogP contribution in [0.2, 0.25) is 5.15 Å². The van der Waals surface area contributed by atoms with Gasteiger partial charge in [-0.1, -0.05) is 39.3 Å². The van der Waals surface area contributed by atoms with E-state index in [1.54, 1.807) is 0 Å². The Balaban J connectivity index is 3.30. The summed E-state index contributed by atoms with van der Waals surface area (Å²) in [6.07, 6.45) is 0.892. The van der Waals surface area contributed by atoms with Crippen LogP contribution in [0.25, 0.3) is 0 Å². The van der Waals surface area contributed by atoms with E-state index in [1.807, 2.05) is 0 Å². The first kappa shape index (κ1) is 12.2. The van der Waals surface area contributed by atoms with Crippen molar-refractivity contribution in [3.05, 3.63) is 20.2 Å². The third-order valence-electron chi connectivity index (χ3n) is 1.89. The number of rotatable bonds is 1. The molecule has 1 heterocycles. The molecule has 78 valence electrons. The van der Waals surface area contributed by atoms with Crippen LogP contribution in [0.3, 0.4) is 0 Å². The fraction of sp³-hybridized carbons (Fsp3) is 0.600. The van der Waals surface area contributed by atoms with Crippen LogP contribution in [-0.4, -0.2) is 9.97 Å². The van der Waals surface area contributed by atoms with Gasteiger partial charge in [-0.2, -0.15) is 0 Å². The van der Waals surface area contributed by atoms with Gasteiger partial charge < -0.3 is 0 Å². The number of hydrogen-bond donors (Lipinski definition) is 0. The van der Waals surface area contributed by atoms with E-state index < -0.39 is 0 Å². The highest BCUT2D eigenvalue weighted by atomic mass is 127. The molecule has 0 aliphatic heterocycles. The Morgan fingerprint density at radius 3 is 2.29 bits per heavy atom. The van der Waals surface area contributed by atoms with Gasteiger partial charge in [0.05, 0.1) is 9.26 Å². The first-order valence-electron chi connectivity index (χ1n) is 4.58. The maximum Gasteiger partial charge on any atom is 0.146 e. The van der Waals surface area contributed by atoms with Crippen molar-refractivity contribution in [3.63, 3.8) is 0 Å². The van der Waals surface area contributed by atoms with E-state index in [0.29, 0.717) is 5.15 Å². The SMILES string of the molecule is CCc1nc(C(C)(C)C)nc(Cl)c1I. The van der Waals surface area contributed by atoms with Crippen LogP contribution >= 0.6 is 34.2 Å². The van der Waals surface area contributed by atoms with Crippen molar-refractivity contribution in [2.75, 3.05) is 0 Å². The van der Waals surface area contributed by atoms with Crippen LogP contribution in [-0.2, 0) is 11.8 Å². The minimum atomic E-state index is -0.0437. The van der Waals surface area contributed by atoms with Crippen molar-refractivity contribution in [1.82, 2.24) is 9.97 Å². The minimum absolute atomic E-state index is 0.0437. The lowest BCUT2D eigenvalue weighted by Crippen LogP contribution is -2.18. The van der Waals surface area contributed by atoms with Crippen LogP contribution in [0.4, 0.5) is 0 Å². The average molecular weight is 325 g/mol. The topological polar surface area (TPSA) is 25.8 Å². The molecule has 0 aliphatic carbocycles. The van der Waals surface area contributed by atoms with Gasteiger partial charge in [0.1, 0.15) is 11.0 Å². The summed E-state index contributed by atoms with van der Waals surface area (Å²) >= 11 is 8.24. The van der Waals surface area contributed by atoms with E-state index in [0.717, 1.165) is 21.5 Å². The Morgan fingerprint density at radius 1 is 1.29 bits per heavy atom. The molecular weight excluding hydrogens is 310 g/mol. The van der Waals surface area contributed by atoms with Gasteiger partial charge in [0.2, 0.25) is 0 Å². The number of nitrogens with zero attached hydrogens (tertiary/aromatic N) is 2. The lowest BCUT2D eigenvalue weighted by Gasteiger charge is -2.18. The lowest BCUT2D eigenvalue weighted by molar-refractivity contribution is 0.541. The summed E-state index contributed by atoms with van der Waals surface area (Å²) in [5, 5.41) is 0.572. The highest BCUT2D eigenvalue weighted by molar-refractivity contribution is 14.1. The van der Waals surface area contributed by atoms with E-state index >= 15 is 0 Å². The smallest absolute Gasteiger partial charge is 0.146 e. The zero-order valence-electron chi connectivity index (χ0n) is 8.86. The molecule has 2 nitrogen and oxygen atoms in total. The van der Waals surface area contributed by atoms with Gasteiger partial charge in [-0.25, -0.2) is 9.97 Å². The maximum absolute atomic E-state index is 6.05. The van der Waals surface area contributed by atoms with Crippen LogP contribution in [0.15, 0.2) is 0 Å². The zero-order chi connectivity index (χ0) is 10.9. The van der Waals surface area contributed by atoms with Gasteiger partial charge in [-0.15, -0.1) is 0 Å². The third kappa shape index (κ3) is 2.57. The minimum Gasteiger partial charge on any atom is -0.236 e.